The third kappa shape index (κ3) is 4.25. The third-order valence-corrected chi connectivity index (χ3v) is 10.5. The minimum atomic E-state index is 0.914. The summed E-state index contributed by atoms with van der Waals surface area (Å²) in [7, 11) is 0. The van der Waals surface area contributed by atoms with Gasteiger partial charge in [0.2, 0.25) is 0 Å². The van der Waals surface area contributed by atoms with Gasteiger partial charge in [0.05, 0.1) is 22.1 Å². The Morgan fingerprint density at radius 2 is 0.765 bits per heavy atom. The lowest BCUT2D eigenvalue weighted by atomic mass is 9.97. The highest BCUT2D eigenvalue weighted by Gasteiger charge is 2.17. The molecule has 238 valence electrons. The van der Waals surface area contributed by atoms with Crippen LogP contribution in [0.4, 0.5) is 0 Å². The van der Waals surface area contributed by atoms with Crippen LogP contribution in [0.3, 0.4) is 0 Å². The van der Waals surface area contributed by atoms with Gasteiger partial charge in [-0.3, -0.25) is 0 Å². The number of hydrogen-bond donors (Lipinski definition) is 0. The van der Waals surface area contributed by atoms with Crippen molar-refractivity contribution in [3.05, 3.63) is 182 Å². The summed E-state index contributed by atoms with van der Waals surface area (Å²) in [4.78, 5) is 0. The Morgan fingerprint density at radius 3 is 1.45 bits per heavy atom. The molecular weight excluding hydrogens is 621 g/mol. The van der Waals surface area contributed by atoms with E-state index in [0.717, 1.165) is 33.3 Å². The molecule has 0 aliphatic carbocycles. The van der Waals surface area contributed by atoms with Crippen LogP contribution in [-0.4, -0.2) is 9.13 Å². The molecule has 0 atom stereocenters. The number of para-hydroxylation sites is 4. The first-order valence-corrected chi connectivity index (χ1v) is 17.4. The van der Waals surface area contributed by atoms with E-state index in [9.17, 15) is 0 Å². The van der Waals surface area contributed by atoms with Crippen molar-refractivity contribution in [1.82, 2.24) is 9.13 Å². The fourth-order valence-corrected chi connectivity index (χ4v) is 8.19. The molecule has 0 unspecified atom stereocenters. The first kappa shape index (κ1) is 28.0. The van der Waals surface area contributed by atoms with E-state index >= 15 is 0 Å². The summed E-state index contributed by atoms with van der Waals surface area (Å²) in [5.74, 6) is 0. The molecule has 51 heavy (non-hydrogen) atoms. The molecule has 0 bridgehead atoms. The van der Waals surface area contributed by atoms with Gasteiger partial charge in [0, 0.05) is 43.7 Å². The molecule has 0 fully saturated rings. The summed E-state index contributed by atoms with van der Waals surface area (Å²) in [6.07, 6.45) is 0. The second kappa shape index (κ2) is 10.8. The Bertz CT molecular complexity index is 3100. The van der Waals surface area contributed by atoms with Crippen molar-refractivity contribution in [3.63, 3.8) is 0 Å². The molecule has 0 radical (unpaired) electrons. The fraction of sp³-hybridized carbons (Fsp3) is 0. The van der Waals surface area contributed by atoms with Crippen LogP contribution in [0.5, 0.6) is 0 Å². The van der Waals surface area contributed by atoms with Gasteiger partial charge in [-0.05, 0) is 95.1 Å². The zero-order valence-electron chi connectivity index (χ0n) is 27.6. The SMILES string of the molecule is c1cc(-c2cccc(-n3c4ccccc4c4cc(-n5c6ccccc6c6ccccc65)ccc43)c2)cc(-c2ccc3oc4ccccc4c3c2)c1. The Hall–Kier alpha value is -6.84. The van der Waals surface area contributed by atoms with E-state index in [4.69, 9.17) is 4.42 Å². The van der Waals surface area contributed by atoms with E-state index in [1.165, 1.54) is 65.9 Å². The lowest BCUT2D eigenvalue weighted by Crippen LogP contribution is -1.96. The van der Waals surface area contributed by atoms with Crippen molar-refractivity contribution < 1.29 is 4.42 Å². The normalized spacial score (nSPS) is 11.9. The number of benzene rings is 8. The standard InChI is InChI=1S/C48H30N2O/c1-5-19-43-37(15-1)38-16-2-6-20-44(38)50(43)36-24-25-46-41(30-36)39-17-3-7-21-45(39)49(46)35-14-10-13-33(28-35)31-11-9-12-32(27-31)34-23-26-48-42(29-34)40-18-4-8-22-47(40)51-48/h1-30H. The maximum Gasteiger partial charge on any atom is 0.135 e. The number of nitrogens with zero attached hydrogens (tertiary/aromatic N) is 2. The van der Waals surface area contributed by atoms with Crippen LogP contribution >= 0.6 is 0 Å². The van der Waals surface area contributed by atoms with Gasteiger partial charge in [0.1, 0.15) is 11.2 Å². The molecule has 3 heteroatoms. The van der Waals surface area contributed by atoms with Crippen LogP contribution in [0.1, 0.15) is 0 Å². The average molecular weight is 651 g/mol. The maximum absolute atomic E-state index is 6.10. The predicted molar refractivity (Wildman–Crippen MR) is 213 cm³/mol. The molecule has 0 saturated heterocycles. The molecule has 0 aliphatic heterocycles. The molecule has 11 aromatic rings. The molecule has 0 amide bonds. The molecule has 0 saturated carbocycles. The number of furan rings is 1. The lowest BCUT2D eigenvalue weighted by molar-refractivity contribution is 0.669. The van der Waals surface area contributed by atoms with Crippen LogP contribution < -0.4 is 0 Å². The van der Waals surface area contributed by atoms with Crippen LogP contribution in [0, 0.1) is 0 Å². The molecule has 3 nitrogen and oxygen atoms in total. The van der Waals surface area contributed by atoms with Gasteiger partial charge in [-0.1, -0.05) is 109 Å². The van der Waals surface area contributed by atoms with E-state index in [2.05, 4.69) is 179 Å². The zero-order chi connectivity index (χ0) is 33.5. The zero-order valence-corrected chi connectivity index (χ0v) is 27.6. The molecule has 3 aromatic heterocycles. The van der Waals surface area contributed by atoms with Gasteiger partial charge in [0.15, 0.2) is 0 Å². The molecule has 3 heterocycles. The van der Waals surface area contributed by atoms with Crippen molar-refractivity contribution in [3.8, 4) is 33.6 Å². The number of fused-ring (bicyclic) bond motifs is 9. The third-order valence-electron chi connectivity index (χ3n) is 10.5. The van der Waals surface area contributed by atoms with Gasteiger partial charge in [0.25, 0.3) is 0 Å². The highest BCUT2D eigenvalue weighted by Crippen LogP contribution is 2.38. The van der Waals surface area contributed by atoms with E-state index in [1.807, 2.05) is 12.1 Å². The van der Waals surface area contributed by atoms with Gasteiger partial charge in [-0.2, -0.15) is 0 Å². The average Bonchev–Trinajstić information content (AvgIpc) is 3.85. The monoisotopic (exact) mass is 650 g/mol. The second-order valence-corrected chi connectivity index (χ2v) is 13.4. The Labute approximate surface area is 293 Å². The number of hydrogen-bond acceptors (Lipinski definition) is 1. The molecule has 8 aromatic carbocycles. The minimum absolute atomic E-state index is 0.914. The van der Waals surface area contributed by atoms with Crippen molar-refractivity contribution >= 4 is 65.6 Å². The van der Waals surface area contributed by atoms with Crippen LogP contribution in [0.25, 0.3) is 99.2 Å². The van der Waals surface area contributed by atoms with Crippen molar-refractivity contribution in [1.29, 1.82) is 0 Å². The first-order valence-electron chi connectivity index (χ1n) is 17.4. The maximum atomic E-state index is 6.10. The quantitative estimate of drug-likeness (QED) is 0.186. The van der Waals surface area contributed by atoms with Gasteiger partial charge in [-0.15, -0.1) is 0 Å². The topological polar surface area (TPSA) is 23.0 Å². The molecule has 0 N–H and O–H groups in total. The Kier molecular flexibility index (Phi) is 5.96. The molecule has 0 spiro atoms. The van der Waals surface area contributed by atoms with Crippen molar-refractivity contribution in [2.75, 3.05) is 0 Å². The van der Waals surface area contributed by atoms with E-state index in [-0.39, 0.29) is 0 Å². The van der Waals surface area contributed by atoms with Crippen LogP contribution in [-0.2, 0) is 0 Å². The van der Waals surface area contributed by atoms with Gasteiger partial charge in [-0.25, -0.2) is 0 Å². The van der Waals surface area contributed by atoms with Crippen molar-refractivity contribution in [2.24, 2.45) is 0 Å². The summed E-state index contributed by atoms with van der Waals surface area (Å²) >= 11 is 0. The van der Waals surface area contributed by atoms with Crippen LogP contribution in [0.15, 0.2) is 186 Å². The lowest BCUT2D eigenvalue weighted by Gasteiger charge is -2.12. The summed E-state index contributed by atoms with van der Waals surface area (Å²) in [5.41, 5.74) is 13.7. The summed E-state index contributed by atoms with van der Waals surface area (Å²) < 4.78 is 10.9. The Morgan fingerprint density at radius 1 is 0.275 bits per heavy atom. The molecule has 0 aliphatic rings. The van der Waals surface area contributed by atoms with Crippen molar-refractivity contribution in [2.45, 2.75) is 0 Å². The first-order chi connectivity index (χ1) is 25.3. The Balaban J connectivity index is 1.04. The summed E-state index contributed by atoms with van der Waals surface area (Å²) in [5, 5.41) is 7.30. The van der Waals surface area contributed by atoms with Gasteiger partial charge < -0.3 is 13.6 Å². The van der Waals surface area contributed by atoms with E-state index < -0.39 is 0 Å². The number of rotatable bonds is 4. The largest absolute Gasteiger partial charge is 0.456 e. The second-order valence-electron chi connectivity index (χ2n) is 13.4. The van der Waals surface area contributed by atoms with Gasteiger partial charge >= 0.3 is 0 Å². The predicted octanol–water partition coefficient (Wildman–Crippen LogP) is 13.1. The highest BCUT2D eigenvalue weighted by atomic mass is 16.3. The number of aromatic nitrogens is 2. The molecular formula is C48H30N2O. The summed E-state index contributed by atoms with van der Waals surface area (Å²) in [6, 6.07) is 65.6. The summed E-state index contributed by atoms with van der Waals surface area (Å²) in [6.45, 7) is 0. The highest BCUT2D eigenvalue weighted by molar-refractivity contribution is 6.12. The van der Waals surface area contributed by atoms with Crippen LogP contribution in [0.2, 0.25) is 0 Å². The minimum Gasteiger partial charge on any atom is -0.456 e. The van der Waals surface area contributed by atoms with E-state index in [1.54, 1.807) is 0 Å². The smallest absolute Gasteiger partial charge is 0.135 e. The fourth-order valence-electron chi connectivity index (χ4n) is 8.19. The molecule has 11 rings (SSSR count). The van der Waals surface area contributed by atoms with E-state index in [0.29, 0.717) is 0 Å².